The van der Waals surface area contributed by atoms with E-state index in [0.29, 0.717) is 6.54 Å². The van der Waals surface area contributed by atoms with Gasteiger partial charge in [0.15, 0.2) is 0 Å². The lowest BCUT2D eigenvalue weighted by molar-refractivity contribution is -0.134. The third kappa shape index (κ3) is 2.89. The van der Waals surface area contributed by atoms with Gasteiger partial charge in [0.2, 0.25) is 5.91 Å². The molecule has 2 atom stereocenters. The molecule has 0 aromatic rings. The molecule has 4 heteroatoms. The molecule has 2 unspecified atom stereocenters. The molecule has 1 aliphatic rings. The fraction of sp³-hybridized carbons (Fsp3) is 0.900. The Morgan fingerprint density at radius 3 is 2.71 bits per heavy atom. The van der Waals surface area contributed by atoms with Crippen LogP contribution in [0.1, 0.15) is 26.7 Å². The fourth-order valence-electron chi connectivity index (χ4n) is 1.63. The van der Waals surface area contributed by atoms with Crippen LogP contribution >= 0.6 is 12.6 Å². The number of carbonyl (C=O) groups excluding carboxylic acids is 1. The Bertz CT molecular complexity index is 208. The third-order valence-corrected chi connectivity index (χ3v) is 3.41. The van der Waals surface area contributed by atoms with Crippen molar-refractivity contribution in [2.45, 2.75) is 38.0 Å². The molecule has 0 bridgehead atoms. The van der Waals surface area contributed by atoms with Gasteiger partial charge in [-0.15, -0.1) is 0 Å². The van der Waals surface area contributed by atoms with Crippen molar-refractivity contribution in [1.82, 2.24) is 4.90 Å². The molecule has 1 amide bonds. The summed E-state index contributed by atoms with van der Waals surface area (Å²) in [5.74, 6) is 0.298. The Morgan fingerprint density at radius 1 is 1.57 bits per heavy atom. The molecular formula is C10H19NO2S. The second-order valence-corrected chi connectivity index (χ2v) is 4.83. The van der Waals surface area contributed by atoms with E-state index in [9.17, 15) is 9.90 Å². The first-order valence-corrected chi connectivity index (χ1v) is 5.69. The second kappa shape index (κ2) is 5.03. The summed E-state index contributed by atoms with van der Waals surface area (Å²) in [6.45, 7) is 5.20. The number of likely N-dealkylation sites (tertiary alicyclic amines) is 1. The van der Waals surface area contributed by atoms with Gasteiger partial charge in [0.25, 0.3) is 0 Å². The van der Waals surface area contributed by atoms with E-state index in [1.807, 2.05) is 13.8 Å². The highest BCUT2D eigenvalue weighted by molar-refractivity contribution is 7.81. The Morgan fingerprint density at radius 2 is 2.21 bits per heavy atom. The normalized spacial score (nSPS) is 25.2. The van der Waals surface area contributed by atoms with Crippen LogP contribution in [-0.4, -0.2) is 40.4 Å². The lowest BCUT2D eigenvalue weighted by Gasteiger charge is -2.32. The number of nitrogens with zero attached hydrogens (tertiary/aromatic N) is 1. The van der Waals surface area contributed by atoms with E-state index >= 15 is 0 Å². The quantitative estimate of drug-likeness (QED) is 0.675. The van der Waals surface area contributed by atoms with Crippen molar-refractivity contribution in [3.8, 4) is 0 Å². The summed E-state index contributed by atoms with van der Waals surface area (Å²) in [5, 5.41) is 9.19. The fourth-order valence-corrected chi connectivity index (χ4v) is 1.79. The summed E-state index contributed by atoms with van der Waals surface area (Å²) in [6.07, 6.45) is 1.36. The van der Waals surface area contributed by atoms with E-state index in [2.05, 4.69) is 12.6 Å². The minimum atomic E-state index is -0.347. The van der Waals surface area contributed by atoms with Crippen LogP contribution < -0.4 is 0 Å². The summed E-state index contributed by atoms with van der Waals surface area (Å²) in [4.78, 5) is 13.6. The Balaban J connectivity index is 2.51. The van der Waals surface area contributed by atoms with Crippen LogP contribution in [0, 0.1) is 5.92 Å². The van der Waals surface area contributed by atoms with Gasteiger partial charge >= 0.3 is 0 Å². The topological polar surface area (TPSA) is 40.5 Å². The van der Waals surface area contributed by atoms with Crippen LogP contribution in [0.4, 0.5) is 0 Å². The summed E-state index contributed by atoms with van der Waals surface area (Å²) in [6, 6.07) is 0. The van der Waals surface area contributed by atoms with Crippen LogP contribution in [0.2, 0.25) is 0 Å². The maximum absolute atomic E-state index is 11.8. The maximum atomic E-state index is 11.8. The van der Waals surface area contributed by atoms with E-state index in [1.54, 1.807) is 4.90 Å². The molecule has 82 valence electrons. The van der Waals surface area contributed by atoms with Gasteiger partial charge in [-0.3, -0.25) is 4.79 Å². The van der Waals surface area contributed by atoms with E-state index in [4.69, 9.17) is 0 Å². The lowest BCUT2D eigenvalue weighted by Crippen LogP contribution is -2.46. The van der Waals surface area contributed by atoms with Crippen LogP contribution in [0.15, 0.2) is 0 Å². The zero-order valence-corrected chi connectivity index (χ0v) is 9.70. The highest BCUT2D eigenvalue weighted by Gasteiger charge is 2.27. The minimum absolute atomic E-state index is 0.0575. The molecule has 3 nitrogen and oxygen atoms in total. The summed E-state index contributed by atoms with van der Waals surface area (Å²) < 4.78 is 0. The Hall–Kier alpha value is -0.220. The largest absolute Gasteiger partial charge is 0.391 e. The van der Waals surface area contributed by atoms with Crippen molar-refractivity contribution in [2.24, 2.45) is 5.92 Å². The third-order valence-electron chi connectivity index (χ3n) is 2.59. The standard InChI is InChI=1S/C10H19NO2S/c1-7(2)9(14)10(13)11-5-3-4-8(12)6-11/h7-9,12,14H,3-6H2,1-2H3. The van der Waals surface area contributed by atoms with Gasteiger partial charge in [0.1, 0.15) is 0 Å². The number of hydrogen-bond donors (Lipinski definition) is 2. The van der Waals surface area contributed by atoms with Crippen LogP contribution in [0.25, 0.3) is 0 Å². The minimum Gasteiger partial charge on any atom is -0.391 e. The molecule has 0 saturated carbocycles. The zero-order valence-electron chi connectivity index (χ0n) is 8.81. The van der Waals surface area contributed by atoms with Gasteiger partial charge in [0.05, 0.1) is 11.4 Å². The number of thiol groups is 1. The molecule has 0 spiro atoms. The number of rotatable bonds is 2. The number of amides is 1. The number of aliphatic hydroxyl groups is 1. The Kier molecular flexibility index (Phi) is 4.26. The van der Waals surface area contributed by atoms with Crippen LogP contribution in [0.5, 0.6) is 0 Å². The molecule has 1 fully saturated rings. The monoisotopic (exact) mass is 217 g/mol. The maximum Gasteiger partial charge on any atom is 0.235 e. The summed E-state index contributed by atoms with van der Waals surface area (Å²) >= 11 is 4.29. The van der Waals surface area contributed by atoms with Gasteiger partial charge in [-0.05, 0) is 18.8 Å². The predicted molar refractivity (Wildman–Crippen MR) is 59.4 cm³/mol. The number of piperidine rings is 1. The van der Waals surface area contributed by atoms with Crippen LogP contribution in [-0.2, 0) is 4.79 Å². The van der Waals surface area contributed by atoms with Crippen molar-refractivity contribution in [1.29, 1.82) is 0 Å². The average Bonchev–Trinajstić information content (AvgIpc) is 2.15. The molecule has 0 aromatic carbocycles. The molecule has 1 N–H and O–H groups in total. The highest BCUT2D eigenvalue weighted by Crippen LogP contribution is 2.16. The van der Waals surface area contributed by atoms with Crippen molar-refractivity contribution >= 4 is 18.5 Å². The lowest BCUT2D eigenvalue weighted by atomic mass is 10.1. The summed E-state index contributed by atoms with van der Waals surface area (Å²) in [7, 11) is 0. The van der Waals surface area contributed by atoms with Gasteiger partial charge in [0, 0.05) is 13.1 Å². The number of aliphatic hydroxyl groups excluding tert-OH is 1. The van der Waals surface area contributed by atoms with E-state index in [1.165, 1.54) is 0 Å². The van der Waals surface area contributed by atoms with Gasteiger partial charge in [-0.2, -0.15) is 12.6 Å². The molecule has 0 aromatic heterocycles. The number of β-amino-alcohol motifs (C(OH)–C–C–N with tert-alkyl or cyclic N) is 1. The predicted octanol–water partition coefficient (Wildman–Crippen LogP) is 0.924. The van der Waals surface area contributed by atoms with Crippen molar-refractivity contribution < 1.29 is 9.90 Å². The molecule has 0 radical (unpaired) electrons. The van der Waals surface area contributed by atoms with Crippen molar-refractivity contribution in [2.75, 3.05) is 13.1 Å². The van der Waals surface area contributed by atoms with E-state index in [-0.39, 0.29) is 23.2 Å². The Labute approximate surface area is 90.9 Å². The van der Waals surface area contributed by atoms with Crippen molar-refractivity contribution in [3.63, 3.8) is 0 Å². The first kappa shape index (κ1) is 11.9. The zero-order chi connectivity index (χ0) is 10.7. The number of carbonyl (C=O) groups is 1. The van der Waals surface area contributed by atoms with E-state index < -0.39 is 0 Å². The van der Waals surface area contributed by atoms with Gasteiger partial charge < -0.3 is 10.0 Å². The average molecular weight is 217 g/mol. The van der Waals surface area contributed by atoms with E-state index in [0.717, 1.165) is 19.4 Å². The second-order valence-electron chi connectivity index (χ2n) is 4.27. The van der Waals surface area contributed by atoms with Crippen LogP contribution in [0.3, 0.4) is 0 Å². The molecule has 1 saturated heterocycles. The van der Waals surface area contributed by atoms with Gasteiger partial charge in [-0.1, -0.05) is 13.8 Å². The molecule has 0 aliphatic carbocycles. The molecule has 1 rings (SSSR count). The molecule has 1 heterocycles. The smallest absolute Gasteiger partial charge is 0.235 e. The van der Waals surface area contributed by atoms with Gasteiger partial charge in [-0.25, -0.2) is 0 Å². The first-order chi connectivity index (χ1) is 6.52. The summed E-state index contributed by atoms with van der Waals surface area (Å²) in [5.41, 5.74) is 0. The van der Waals surface area contributed by atoms with Crippen molar-refractivity contribution in [3.05, 3.63) is 0 Å². The number of hydrogen-bond acceptors (Lipinski definition) is 3. The molecule has 14 heavy (non-hydrogen) atoms. The SMILES string of the molecule is CC(C)C(S)C(=O)N1CCCC(O)C1. The molecule has 1 aliphatic heterocycles. The first-order valence-electron chi connectivity index (χ1n) is 5.17. The molecular weight excluding hydrogens is 198 g/mol. The highest BCUT2D eigenvalue weighted by atomic mass is 32.1.